The highest BCUT2D eigenvalue weighted by molar-refractivity contribution is 5.79. The average Bonchev–Trinajstić information content (AvgIpc) is 3.08. The van der Waals surface area contributed by atoms with Crippen LogP contribution < -0.4 is 20.1 Å². The van der Waals surface area contributed by atoms with Crippen LogP contribution >= 0.6 is 0 Å². The lowest BCUT2D eigenvalue weighted by Crippen LogP contribution is -2.44. The molecular weight excluding hydrogens is 316 g/mol. The number of nitrogens with one attached hydrogen (secondary N) is 2. The van der Waals surface area contributed by atoms with Crippen LogP contribution in [0, 0.1) is 5.92 Å². The van der Waals surface area contributed by atoms with Crippen LogP contribution in [0.25, 0.3) is 0 Å². The molecule has 1 fully saturated rings. The van der Waals surface area contributed by atoms with Crippen molar-refractivity contribution in [3.05, 3.63) is 23.8 Å². The van der Waals surface area contributed by atoms with Crippen LogP contribution in [-0.4, -0.2) is 57.4 Å². The molecule has 0 saturated carbocycles. The molecule has 2 aliphatic rings. The fourth-order valence-electron chi connectivity index (χ4n) is 3.46. The first kappa shape index (κ1) is 17.9. The van der Waals surface area contributed by atoms with Crippen molar-refractivity contribution in [1.82, 2.24) is 15.5 Å². The molecule has 1 unspecified atom stereocenters. The highest BCUT2D eigenvalue weighted by Gasteiger charge is 2.15. The van der Waals surface area contributed by atoms with Crippen molar-refractivity contribution in [3.8, 4) is 11.5 Å². The summed E-state index contributed by atoms with van der Waals surface area (Å²) in [5.74, 6) is 3.37. The van der Waals surface area contributed by atoms with E-state index in [-0.39, 0.29) is 0 Å². The summed E-state index contributed by atoms with van der Waals surface area (Å²) in [6, 6.07) is 6.12. The monoisotopic (exact) mass is 346 g/mol. The van der Waals surface area contributed by atoms with Gasteiger partial charge in [-0.1, -0.05) is 13.0 Å². The normalized spacial score (nSPS) is 20.6. The maximum Gasteiger partial charge on any atom is 0.231 e. The molecule has 0 aromatic heterocycles. The van der Waals surface area contributed by atoms with Gasteiger partial charge in [0.05, 0.1) is 0 Å². The Kier molecular flexibility index (Phi) is 6.39. The number of guanidine groups is 1. The number of hydrogen-bond donors (Lipinski definition) is 2. The third-order valence-corrected chi connectivity index (χ3v) is 4.83. The summed E-state index contributed by atoms with van der Waals surface area (Å²) >= 11 is 0. The third kappa shape index (κ3) is 5.26. The summed E-state index contributed by atoms with van der Waals surface area (Å²) in [6.45, 7) is 7.95. The van der Waals surface area contributed by atoms with Crippen LogP contribution in [0.5, 0.6) is 11.5 Å². The Morgan fingerprint density at radius 2 is 2.08 bits per heavy atom. The number of fused-ring (bicyclic) bond motifs is 1. The number of likely N-dealkylation sites (tertiary alicyclic amines) is 1. The second kappa shape index (κ2) is 8.94. The van der Waals surface area contributed by atoms with Gasteiger partial charge in [-0.05, 0) is 49.4 Å². The lowest BCUT2D eigenvalue weighted by Gasteiger charge is -2.30. The Hall–Kier alpha value is -1.95. The molecular formula is C19H30N4O2. The molecule has 0 amide bonds. The fourth-order valence-corrected chi connectivity index (χ4v) is 3.46. The van der Waals surface area contributed by atoms with Crippen LogP contribution in [0.1, 0.15) is 25.3 Å². The molecule has 3 rings (SSSR count). The van der Waals surface area contributed by atoms with Crippen molar-refractivity contribution >= 4 is 5.96 Å². The molecule has 25 heavy (non-hydrogen) atoms. The number of aliphatic imine (C=N–C) groups is 1. The zero-order valence-electron chi connectivity index (χ0n) is 15.4. The molecule has 1 saturated heterocycles. The molecule has 0 spiro atoms. The van der Waals surface area contributed by atoms with E-state index in [9.17, 15) is 0 Å². The molecule has 0 aliphatic carbocycles. The molecule has 1 atom stereocenters. The van der Waals surface area contributed by atoms with E-state index in [1.807, 2.05) is 13.1 Å². The van der Waals surface area contributed by atoms with E-state index in [0.29, 0.717) is 6.79 Å². The third-order valence-electron chi connectivity index (χ3n) is 4.83. The number of ether oxygens (including phenoxy) is 2. The van der Waals surface area contributed by atoms with Gasteiger partial charge < -0.3 is 25.0 Å². The number of nitrogens with zero attached hydrogens (tertiary/aromatic N) is 2. The van der Waals surface area contributed by atoms with Gasteiger partial charge in [0.1, 0.15) is 0 Å². The molecule has 2 N–H and O–H groups in total. The van der Waals surface area contributed by atoms with Crippen LogP contribution in [0.15, 0.2) is 23.2 Å². The highest BCUT2D eigenvalue weighted by atomic mass is 16.7. The van der Waals surface area contributed by atoms with Crippen molar-refractivity contribution in [3.63, 3.8) is 0 Å². The maximum absolute atomic E-state index is 5.42. The van der Waals surface area contributed by atoms with Crippen LogP contribution in [0.3, 0.4) is 0 Å². The minimum Gasteiger partial charge on any atom is -0.454 e. The van der Waals surface area contributed by atoms with E-state index in [0.717, 1.165) is 49.4 Å². The largest absolute Gasteiger partial charge is 0.454 e. The molecule has 6 nitrogen and oxygen atoms in total. The molecule has 138 valence electrons. The Morgan fingerprint density at radius 3 is 2.92 bits per heavy atom. The van der Waals surface area contributed by atoms with E-state index in [1.165, 1.54) is 31.5 Å². The Balaban J connectivity index is 1.35. The molecule has 6 heteroatoms. The molecule has 2 heterocycles. The molecule has 0 bridgehead atoms. The topological polar surface area (TPSA) is 58.1 Å². The summed E-state index contributed by atoms with van der Waals surface area (Å²) in [5, 5.41) is 6.79. The van der Waals surface area contributed by atoms with Gasteiger partial charge in [-0.15, -0.1) is 0 Å². The number of piperidine rings is 1. The summed E-state index contributed by atoms with van der Waals surface area (Å²) in [4.78, 5) is 6.85. The first-order valence-electron chi connectivity index (χ1n) is 9.30. The predicted molar refractivity (Wildman–Crippen MR) is 100 cm³/mol. The van der Waals surface area contributed by atoms with Gasteiger partial charge in [-0.2, -0.15) is 0 Å². The van der Waals surface area contributed by atoms with Gasteiger partial charge in [0.2, 0.25) is 6.79 Å². The van der Waals surface area contributed by atoms with E-state index >= 15 is 0 Å². The van der Waals surface area contributed by atoms with Gasteiger partial charge in [-0.25, -0.2) is 0 Å². The maximum atomic E-state index is 5.42. The van der Waals surface area contributed by atoms with E-state index in [4.69, 9.17) is 9.47 Å². The van der Waals surface area contributed by atoms with Crippen molar-refractivity contribution in [2.24, 2.45) is 10.9 Å². The van der Waals surface area contributed by atoms with Crippen molar-refractivity contribution in [2.75, 3.05) is 46.6 Å². The molecule has 1 aromatic carbocycles. The zero-order chi connectivity index (χ0) is 17.5. The van der Waals surface area contributed by atoms with Gasteiger partial charge in [0.15, 0.2) is 17.5 Å². The Labute approximate surface area is 150 Å². The van der Waals surface area contributed by atoms with Crippen molar-refractivity contribution in [1.29, 1.82) is 0 Å². The summed E-state index contributed by atoms with van der Waals surface area (Å²) in [7, 11) is 1.82. The van der Waals surface area contributed by atoms with Gasteiger partial charge in [0.25, 0.3) is 0 Å². The first-order valence-corrected chi connectivity index (χ1v) is 9.30. The standard InChI is InChI=1S/C19H30N4O2/c1-15-4-3-10-23(13-15)11-9-22-19(20-2)21-8-7-16-5-6-17-18(12-16)25-14-24-17/h5-6,12,15H,3-4,7-11,13-14H2,1-2H3,(H2,20,21,22). The van der Waals surface area contributed by atoms with Gasteiger partial charge >= 0.3 is 0 Å². The van der Waals surface area contributed by atoms with Crippen LogP contribution in [0.4, 0.5) is 0 Å². The lowest BCUT2D eigenvalue weighted by molar-refractivity contribution is 0.174. The number of benzene rings is 1. The molecule has 1 aromatic rings. The minimum atomic E-state index is 0.323. The quantitative estimate of drug-likeness (QED) is 0.608. The Bertz CT molecular complexity index is 591. The molecule has 2 aliphatic heterocycles. The van der Waals surface area contributed by atoms with Crippen molar-refractivity contribution in [2.45, 2.75) is 26.2 Å². The number of hydrogen-bond acceptors (Lipinski definition) is 4. The average molecular weight is 346 g/mol. The second-order valence-corrected chi connectivity index (χ2v) is 6.91. The van der Waals surface area contributed by atoms with Crippen molar-refractivity contribution < 1.29 is 9.47 Å². The van der Waals surface area contributed by atoms with Gasteiger partial charge in [0, 0.05) is 33.2 Å². The summed E-state index contributed by atoms with van der Waals surface area (Å²) < 4.78 is 10.8. The molecule has 0 radical (unpaired) electrons. The minimum absolute atomic E-state index is 0.323. The smallest absolute Gasteiger partial charge is 0.231 e. The predicted octanol–water partition coefficient (Wildman–Crippen LogP) is 1.85. The highest BCUT2D eigenvalue weighted by Crippen LogP contribution is 2.32. The summed E-state index contributed by atoms with van der Waals surface area (Å²) in [6.07, 6.45) is 3.61. The lowest BCUT2D eigenvalue weighted by atomic mass is 10.0. The number of rotatable bonds is 6. The van der Waals surface area contributed by atoms with Crippen LogP contribution in [0.2, 0.25) is 0 Å². The first-order chi connectivity index (χ1) is 12.2. The van der Waals surface area contributed by atoms with Gasteiger partial charge in [-0.3, -0.25) is 4.99 Å². The van der Waals surface area contributed by atoms with E-state index in [2.05, 4.69) is 39.6 Å². The zero-order valence-corrected chi connectivity index (χ0v) is 15.4. The second-order valence-electron chi connectivity index (χ2n) is 6.91. The SMILES string of the molecule is CN=C(NCCc1ccc2c(c1)OCO2)NCCN1CCCC(C)C1. The summed E-state index contributed by atoms with van der Waals surface area (Å²) in [5.41, 5.74) is 1.23. The Morgan fingerprint density at radius 1 is 1.24 bits per heavy atom. The van der Waals surface area contributed by atoms with E-state index in [1.54, 1.807) is 0 Å². The van der Waals surface area contributed by atoms with Crippen LogP contribution in [-0.2, 0) is 6.42 Å². The fraction of sp³-hybridized carbons (Fsp3) is 0.632. The van der Waals surface area contributed by atoms with E-state index < -0.39 is 0 Å².